The summed E-state index contributed by atoms with van der Waals surface area (Å²) in [6.45, 7) is 8.81. The molecule has 0 bridgehead atoms. The molecule has 0 spiro atoms. The number of pyridine rings is 1. The van der Waals surface area contributed by atoms with E-state index in [4.69, 9.17) is 0 Å². The molecule has 0 unspecified atom stereocenters. The van der Waals surface area contributed by atoms with Crippen LogP contribution in [0.15, 0.2) is 30.5 Å². The van der Waals surface area contributed by atoms with Crippen molar-refractivity contribution in [2.75, 3.05) is 11.9 Å². The van der Waals surface area contributed by atoms with E-state index >= 15 is 0 Å². The molecule has 0 amide bonds. The van der Waals surface area contributed by atoms with Gasteiger partial charge in [-0.1, -0.05) is 11.6 Å². The van der Waals surface area contributed by atoms with E-state index in [2.05, 4.69) is 22.9 Å². The second-order valence-corrected chi connectivity index (χ2v) is 3.35. The van der Waals surface area contributed by atoms with Gasteiger partial charge < -0.3 is 5.32 Å². The fraction of sp³-hybridized carbons (Fsp3) is 0.364. The molecule has 1 aromatic rings. The summed E-state index contributed by atoms with van der Waals surface area (Å²) >= 11 is 0. The fourth-order valence-corrected chi connectivity index (χ4v) is 0.976. The Balaban J connectivity index is 2.37. The quantitative estimate of drug-likeness (QED) is 0.713. The van der Waals surface area contributed by atoms with E-state index in [0.717, 1.165) is 18.8 Å². The van der Waals surface area contributed by atoms with Crippen molar-refractivity contribution in [3.8, 4) is 0 Å². The molecule has 0 saturated heterocycles. The van der Waals surface area contributed by atoms with Crippen molar-refractivity contribution in [3.63, 3.8) is 0 Å². The van der Waals surface area contributed by atoms with Crippen LogP contribution in [0.5, 0.6) is 0 Å². The molecule has 0 aliphatic carbocycles. The number of anilines is 1. The number of aromatic nitrogens is 1. The van der Waals surface area contributed by atoms with Gasteiger partial charge in [-0.15, -0.1) is 6.58 Å². The van der Waals surface area contributed by atoms with Gasteiger partial charge in [0.25, 0.3) is 0 Å². The summed E-state index contributed by atoms with van der Waals surface area (Å²) in [5, 5.41) is 3.23. The minimum Gasteiger partial charge on any atom is -0.370 e. The first-order valence-corrected chi connectivity index (χ1v) is 4.49. The number of aryl methyl sites for hydroxylation is 1. The highest BCUT2D eigenvalue weighted by molar-refractivity contribution is 5.35. The number of nitrogens with zero attached hydrogens (tertiary/aromatic N) is 1. The molecule has 2 heteroatoms. The van der Waals surface area contributed by atoms with Crippen molar-refractivity contribution in [1.82, 2.24) is 4.98 Å². The van der Waals surface area contributed by atoms with Crippen molar-refractivity contribution in [3.05, 3.63) is 36.0 Å². The average Bonchev–Trinajstić information content (AvgIpc) is 2.08. The molecule has 0 saturated carbocycles. The van der Waals surface area contributed by atoms with Crippen LogP contribution in [-0.2, 0) is 0 Å². The molecule has 0 radical (unpaired) electrons. The monoisotopic (exact) mass is 176 g/mol. The van der Waals surface area contributed by atoms with Gasteiger partial charge >= 0.3 is 0 Å². The Labute approximate surface area is 79.7 Å². The Hall–Kier alpha value is -1.31. The molecule has 0 aromatic carbocycles. The van der Waals surface area contributed by atoms with E-state index in [0.29, 0.717) is 0 Å². The molecule has 2 nitrogen and oxygen atoms in total. The van der Waals surface area contributed by atoms with Crippen LogP contribution in [0.2, 0.25) is 0 Å². The molecule has 1 heterocycles. The smallest absolute Gasteiger partial charge is 0.125 e. The SMILES string of the molecule is C=C(C)CCNc1ccc(C)cn1. The van der Waals surface area contributed by atoms with Crippen molar-refractivity contribution >= 4 is 5.82 Å². The van der Waals surface area contributed by atoms with Crippen molar-refractivity contribution < 1.29 is 0 Å². The summed E-state index contributed by atoms with van der Waals surface area (Å²) < 4.78 is 0. The highest BCUT2D eigenvalue weighted by atomic mass is 15.0. The van der Waals surface area contributed by atoms with Gasteiger partial charge in [0, 0.05) is 12.7 Å². The first-order valence-electron chi connectivity index (χ1n) is 4.49. The van der Waals surface area contributed by atoms with Crippen LogP contribution in [0.4, 0.5) is 5.82 Å². The first kappa shape index (κ1) is 9.78. The number of rotatable bonds is 4. The van der Waals surface area contributed by atoms with Crippen molar-refractivity contribution in [1.29, 1.82) is 0 Å². The van der Waals surface area contributed by atoms with Crippen molar-refractivity contribution in [2.24, 2.45) is 0 Å². The van der Waals surface area contributed by atoms with E-state index < -0.39 is 0 Å². The standard InChI is InChI=1S/C11H16N2/c1-9(2)6-7-12-11-5-4-10(3)8-13-11/h4-5,8H,1,6-7H2,2-3H3,(H,12,13). The third kappa shape index (κ3) is 3.74. The molecular formula is C11H16N2. The lowest BCUT2D eigenvalue weighted by atomic mass is 10.2. The van der Waals surface area contributed by atoms with E-state index in [-0.39, 0.29) is 0 Å². The topological polar surface area (TPSA) is 24.9 Å². The van der Waals surface area contributed by atoms with Crippen LogP contribution >= 0.6 is 0 Å². The van der Waals surface area contributed by atoms with Crippen LogP contribution in [-0.4, -0.2) is 11.5 Å². The lowest BCUT2D eigenvalue weighted by Crippen LogP contribution is -2.03. The Bertz CT molecular complexity index is 275. The lowest BCUT2D eigenvalue weighted by Gasteiger charge is -2.04. The van der Waals surface area contributed by atoms with Gasteiger partial charge in [0.15, 0.2) is 0 Å². The van der Waals surface area contributed by atoms with Crippen LogP contribution in [0.25, 0.3) is 0 Å². The third-order valence-electron chi connectivity index (χ3n) is 1.77. The average molecular weight is 176 g/mol. The summed E-state index contributed by atoms with van der Waals surface area (Å²) in [6.07, 6.45) is 2.86. The Morgan fingerprint density at radius 2 is 2.31 bits per heavy atom. The molecule has 0 atom stereocenters. The summed E-state index contributed by atoms with van der Waals surface area (Å²) in [4.78, 5) is 4.23. The largest absolute Gasteiger partial charge is 0.370 e. The minimum absolute atomic E-state index is 0.908. The third-order valence-corrected chi connectivity index (χ3v) is 1.77. The fourth-order valence-electron chi connectivity index (χ4n) is 0.976. The molecule has 1 aromatic heterocycles. The van der Waals surface area contributed by atoms with Crippen molar-refractivity contribution in [2.45, 2.75) is 20.3 Å². The van der Waals surface area contributed by atoms with E-state index in [1.807, 2.05) is 26.1 Å². The Morgan fingerprint density at radius 1 is 1.54 bits per heavy atom. The lowest BCUT2D eigenvalue weighted by molar-refractivity contribution is 0.990. The zero-order chi connectivity index (χ0) is 9.68. The number of hydrogen-bond acceptors (Lipinski definition) is 2. The normalized spacial score (nSPS) is 9.69. The molecule has 1 N–H and O–H groups in total. The first-order chi connectivity index (χ1) is 6.18. The summed E-state index contributed by atoms with van der Waals surface area (Å²) in [5.74, 6) is 0.937. The predicted molar refractivity (Wildman–Crippen MR) is 56.9 cm³/mol. The summed E-state index contributed by atoms with van der Waals surface area (Å²) in [5.41, 5.74) is 2.38. The van der Waals surface area contributed by atoms with E-state index in [1.165, 1.54) is 11.1 Å². The van der Waals surface area contributed by atoms with Gasteiger partial charge in [-0.2, -0.15) is 0 Å². The van der Waals surface area contributed by atoms with Gasteiger partial charge in [0.1, 0.15) is 5.82 Å². The highest BCUT2D eigenvalue weighted by Gasteiger charge is 1.92. The van der Waals surface area contributed by atoms with Gasteiger partial charge in [-0.25, -0.2) is 4.98 Å². The van der Waals surface area contributed by atoms with Crippen LogP contribution in [0.1, 0.15) is 18.9 Å². The van der Waals surface area contributed by atoms with Gasteiger partial charge in [-0.05, 0) is 31.9 Å². The van der Waals surface area contributed by atoms with Crippen LogP contribution in [0.3, 0.4) is 0 Å². The van der Waals surface area contributed by atoms with E-state index in [1.54, 1.807) is 0 Å². The Morgan fingerprint density at radius 3 is 2.85 bits per heavy atom. The predicted octanol–water partition coefficient (Wildman–Crippen LogP) is 2.77. The maximum atomic E-state index is 4.23. The van der Waals surface area contributed by atoms with Gasteiger partial charge in [0.05, 0.1) is 0 Å². The summed E-state index contributed by atoms with van der Waals surface area (Å²) in [6, 6.07) is 4.05. The van der Waals surface area contributed by atoms with E-state index in [9.17, 15) is 0 Å². The summed E-state index contributed by atoms with van der Waals surface area (Å²) in [7, 11) is 0. The molecule has 13 heavy (non-hydrogen) atoms. The maximum absolute atomic E-state index is 4.23. The number of hydrogen-bond donors (Lipinski definition) is 1. The maximum Gasteiger partial charge on any atom is 0.125 e. The zero-order valence-electron chi connectivity index (χ0n) is 8.30. The Kier molecular flexibility index (Phi) is 3.50. The van der Waals surface area contributed by atoms with Crippen LogP contribution in [0, 0.1) is 6.92 Å². The van der Waals surface area contributed by atoms with Crippen LogP contribution < -0.4 is 5.32 Å². The second-order valence-electron chi connectivity index (χ2n) is 3.35. The molecule has 0 aliphatic rings. The molecule has 70 valence electrons. The van der Waals surface area contributed by atoms with Gasteiger partial charge in [-0.3, -0.25) is 0 Å². The number of nitrogens with one attached hydrogen (secondary N) is 1. The zero-order valence-corrected chi connectivity index (χ0v) is 8.30. The minimum atomic E-state index is 0.908. The molecule has 0 fully saturated rings. The van der Waals surface area contributed by atoms with Gasteiger partial charge in [0.2, 0.25) is 0 Å². The molecular weight excluding hydrogens is 160 g/mol. The highest BCUT2D eigenvalue weighted by Crippen LogP contribution is 2.04. The second kappa shape index (κ2) is 4.65. The molecule has 1 rings (SSSR count). The molecule has 0 aliphatic heterocycles.